The second-order valence-corrected chi connectivity index (χ2v) is 13.8. The lowest BCUT2D eigenvalue weighted by atomic mass is 9.43. The monoisotopic (exact) mass is 528 g/mol. The number of nitrogens with zero attached hydrogens (tertiary/aromatic N) is 1. The number of allylic oxidation sites excluding steroid dienone is 2. The lowest BCUT2D eigenvalue weighted by Gasteiger charge is -2.61. The summed E-state index contributed by atoms with van der Waals surface area (Å²) >= 11 is 0. The van der Waals surface area contributed by atoms with Crippen LogP contribution in [0.2, 0.25) is 0 Å². The van der Waals surface area contributed by atoms with E-state index < -0.39 is 17.6 Å². The van der Waals surface area contributed by atoms with Crippen molar-refractivity contribution in [3.63, 3.8) is 0 Å². The first-order valence-electron chi connectivity index (χ1n) is 14.9. The smallest absolute Gasteiger partial charge is 0.414 e. The molecule has 38 heavy (non-hydrogen) atoms. The van der Waals surface area contributed by atoms with Crippen LogP contribution < -0.4 is 5.32 Å². The number of carbonyl (C=O) groups is 3. The number of ether oxygens (including phenoxy) is 2. The second kappa shape index (κ2) is 10.0. The molecule has 2 amide bonds. The number of Topliss-reactive ketones (excluding diaryl/α,β-unsaturated/α-hetero) is 1. The average Bonchev–Trinajstić information content (AvgIpc) is 3.63. The quantitative estimate of drug-likeness (QED) is 0.506. The minimum absolute atomic E-state index is 0.0248. The second-order valence-electron chi connectivity index (χ2n) is 13.8. The molecule has 2 aliphatic heterocycles. The Morgan fingerprint density at radius 2 is 1.87 bits per heavy atom. The minimum atomic E-state index is -0.663. The molecule has 5 rings (SSSR count). The predicted octanol–water partition coefficient (Wildman–Crippen LogP) is 4.99. The van der Waals surface area contributed by atoms with Crippen LogP contribution in [-0.2, 0) is 19.1 Å². The molecule has 3 unspecified atom stereocenters. The molecule has 5 fully saturated rings. The highest BCUT2D eigenvalue weighted by Crippen LogP contribution is 2.68. The summed E-state index contributed by atoms with van der Waals surface area (Å²) in [5, 5.41) is 2.61. The lowest BCUT2D eigenvalue weighted by molar-refractivity contribution is -0.191. The molecule has 2 heterocycles. The zero-order valence-electron chi connectivity index (χ0n) is 24.3. The number of rotatable bonds is 5. The SMILES string of the molecule is C/C=C\C[C@]1(C)C[C@@H](OC(=O)NC(=O)[C@H]2CN3CC[C@@H]2C3)[C@@]2(C)C3[C@H](OC)CCC3(CC[C@H]2C)[C@@H](C)C1=O. The Morgan fingerprint density at radius 3 is 2.50 bits per heavy atom. The van der Waals surface area contributed by atoms with Gasteiger partial charge in [0.25, 0.3) is 0 Å². The van der Waals surface area contributed by atoms with E-state index in [4.69, 9.17) is 9.47 Å². The van der Waals surface area contributed by atoms with E-state index in [-0.39, 0.29) is 52.3 Å². The van der Waals surface area contributed by atoms with Gasteiger partial charge in [-0.2, -0.15) is 0 Å². The summed E-state index contributed by atoms with van der Waals surface area (Å²) in [5.41, 5.74) is -1.19. The minimum Gasteiger partial charge on any atom is -0.445 e. The van der Waals surface area contributed by atoms with Gasteiger partial charge >= 0.3 is 6.09 Å². The number of nitrogens with one attached hydrogen (secondary N) is 1. The van der Waals surface area contributed by atoms with Crippen LogP contribution in [-0.4, -0.2) is 61.6 Å². The van der Waals surface area contributed by atoms with Gasteiger partial charge in [0, 0.05) is 42.9 Å². The molecule has 11 atom stereocenters. The number of carbonyl (C=O) groups excluding carboxylic acids is 3. The molecule has 5 aliphatic rings. The molecule has 4 bridgehead atoms. The van der Waals surface area contributed by atoms with Crippen LogP contribution in [0.1, 0.15) is 79.6 Å². The third kappa shape index (κ3) is 4.18. The number of ketones is 1. The maximum atomic E-state index is 14.3. The predicted molar refractivity (Wildman–Crippen MR) is 145 cm³/mol. The van der Waals surface area contributed by atoms with Crippen LogP contribution in [0.3, 0.4) is 0 Å². The molecule has 3 aliphatic carbocycles. The maximum Gasteiger partial charge on any atom is 0.414 e. The van der Waals surface area contributed by atoms with E-state index in [1.165, 1.54) is 0 Å². The summed E-state index contributed by atoms with van der Waals surface area (Å²) in [4.78, 5) is 43.1. The molecule has 0 aromatic rings. The number of hydrogen-bond acceptors (Lipinski definition) is 6. The average molecular weight is 529 g/mol. The van der Waals surface area contributed by atoms with E-state index in [1.54, 1.807) is 7.11 Å². The van der Waals surface area contributed by atoms with E-state index in [0.29, 0.717) is 18.8 Å². The Balaban J connectivity index is 1.49. The highest BCUT2D eigenvalue weighted by molar-refractivity contribution is 5.93. The maximum absolute atomic E-state index is 14.3. The van der Waals surface area contributed by atoms with Crippen LogP contribution in [0.5, 0.6) is 0 Å². The Morgan fingerprint density at radius 1 is 1.13 bits per heavy atom. The van der Waals surface area contributed by atoms with Gasteiger partial charge in [-0.1, -0.05) is 39.8 Å². The fraction of sp³-hybridized carbons (Fsp3) is 0.839. The molecule has 7 heteroatoms. The van der Waals surface area contributed by atoms with Crippen molar-refractivity contribution in [1.82, 2.24) is 10.2 Å². The first-order chi connectivity index (χ1) is 18.0. The van der Waals surface area contributed by atoms with E-state index in [1.807, 2.05) is 13.0 Å². The van der Waals surface area contributed by atoms with Gasteiger partial charge in [-0.3, -0.25) is 14.9 Å². The van der Waals surface area contributed by atoms with Gasteiger partial charge in [0.1, 0.15) is 11.9 Å². The molecule has 212 valence electrons. The van der Waals surface area contributed by atoms with Gasteiger partial charge in [0.15, 0.2) is 0 Å². The van der Waals surface area contributed by atoms with Gasteiger partial charge < -0.3 is 14.4 Å². The number of piperidine rings is 1. The fourth-order valence-electron chi connectivity index (χ4n) is 9.66. The molecular weight excluding hydrogens is 480 g/mol. The van der Waals surface area contributed by atoms with Gasteiger partial charge in [-0.05, 0) is 75.7 Å². The zero-order valence-corrected chi connectivity index (χ0v) is 24.3. The summed E-state index contributed by atoms with van der Waals surface area (Å²) in [7, 11) is 1.78. The van der Waals surface area contributed by atoms with E-state index >= 15 is 0 Å². The van der Waals surface area contributed by atoms with E-state index in [2.05, 4.69) is 44.0 Å². The Kier molecular flexibility index (Phi) is 7.34. The third-order valence-electron chi connectivity index (χ3n) is 12.1. The number of imide groups is 1. The van der Waals surface area contributed by atoms with Gasteiger partial charge in [0.2, 0.25) is 5.91 Å². The van der Waals surface area contributed by atoms with Crippen molar-refractivity contribution in [2.45, 2.75) is 91.8 Å². The summed E-state index contributed by atoms with van der Waals surface area (Å²) in [6, 6.07) is 0. The molecule has 7 nitrogen and oxygen atoms in total. The highest BCUT2D eigenvalue weighted by atomic mass is 16.6. The van der Waals surface area contributed by atoms with Crippen LogP contribution in [0.15, 0.2) is 12.2 Å². The van der Waals surface area contributed by atoms with E-state index in [9.17, 15) is 14.4 Å². The molecule has 0 spiro atoms. The molecule has 0 radical (unpaired) electrons. The zero-order chi connectivity index (χ0) is 27.5. The van der Waals surface area contributed by atoms with Crippen LogP contribution in [0.4, 0.5) is 4.79 Å². The summed E-state index contributed by atoms with van der Waals surface area (Å²) in [6.45, 7) is 13.4. The van der Waals surface area contributed by atoms with Crippen LogP contribution >= 0.6 is 0 Å². The van der Waals surface area contributed by atoms with Gasteiger partial charge in [-0.25, -0.2) is 4.79 Å². The number of hydrogen-bond donors (Lipinski definition) is 1. The molecular formula is C31H48N2O5. The van der Waals surface area contributed by atoms with Crippen molar-refractivity contribution < 1.29 is 23.9 Å². The Hall–Kier alpha value is -1.73. The standard InChI is InChI=1S/C31H48N2O5/c1-7-8-12-29(4)16-24(38-28(36)32-27(35)22-18-33-15-11-21(22)17-33)30(5)19(2)9-13-31(20(3)26(29)34)14-10-23(37-6)25(30)31/h7-8,19-25H,9-18H2,1-6H3,(H,32,35,36)/b8-7-/t19-,20+,21-,22+,23-,24-,25?,29-,30+,31?/m1/s1. The first kappa shape index (κ1) is 27.8. The number of amides is 2. The van der Waals surface area contributed by atoms with Crippen molar-refractivity contribution in [3.8, 4) is 0 Å². The van der Waals surface area contributed by atoms with Gasteiger partial charge in [-0.15, -0.1) is 0 Å². The van der Waals surface area contributed by atoms with Crippen molar-refractivity contribution >= 4 is 17.8 Å². The number of fused-ring (bicyclic) bond motifs is 2. The fourth-order valence-corrected chi connectivity index (χ4v) is 9.66. The lowest BCUT2D eigenvalue weighted by Crippen LogP contribution is -2.63. The summed E-state index contributed by atoms with van der Waals surface area (Å²) < 4.78 is 12.4. The van der Waals surface area contributed by atoms with Crippen LogP contribution in [0.25, 0.3) is 0 Å². The largest absolute Gasteiger partial charge is 0.445 e. The Labute approximate surface area is 228 Å². The van der Waals surface area contributed by atoms with Gasteiger partial charge in [0.05, 0.1) is 12.0 Å². The third-order valence-corrected chi connectivity index (χ3v) is 12.1. The van der Waals surface area contributed by atoms with Crippen LogP contribution in [0, 0.1) is 45.8 Å². The Bertz CT molecular complexity index is 997. The number of alkyl carbamates (subject to hydrolysis) is 1. The highest BCUT2D eigenvalue weighted by Gasteiger charge is 2.68. The van der Waals surface area contributed by atoms with Crippen molar-refractivity contribution in [1.29, 1.82) is 0 Å². The topological polar surface area (TPSA) is 84.9 Å². The number of methoxy groups -OCH3 is 1. The molecule has 0 aromatic heterocycles. The molecule has 2 saturated heterocycles. The van der Waals surface area contributed by atoms with E-state index in [0.717, 1.165) is 51.7 Å². The summed E-state index contributed by atoms with van der Waals surface area (Å²) in [5.74, 6) is 0.538. The van der Waals surface area contributed by atoms with Crippen molar-refractivity contribution in [2.75, 3.05) is 26.7 Å². The van der Waals surface area contributed by atoms with Crippen molar-refractivity contribution in [2.24, 2.45) is 45.8 Å². The molecule has 1 N–H and O–H groups in total. The first-order valence-corrected chi connectivity index (χ1v) is 14.9. The molecule has 3 saturated carbocycles. The van der Waals surface area contributed by atoms with Crippen molar-refractivity contribution in [3.05, 3.63) is 12.2 Å². The summed E-state index contributed by atoms with van der Waals surface area (Å²) in [6.07, 6.45) is 8.88. The normalized spacial score (nSPS) is 48.0. The molecule has 0 aromatic carbocycles.